The predicted molar refractivity (Wildman–Crippen MR) is 67.0 cm³/mol. The zero-order valence-corrected chi connectivity index (χ0v) is 10.5. The minimum atomic E-state index is 0.680. The SMILES string of the molecule is CCCc1cc(=S)nc(N(CC)CC)[nH]1. The van der Waals surface area contributed by atoms with Crippen LogP contribution in [0.15, 0.2) is 6.07 Å². The number of nitrogens with one attached hydrogen (secondary N) is 1. The van der Waals surface area contributed by atoms with Gasteiger partial charge in [0.05, 0.1) is 0 Å². The zero-order valence-electron chi connectivity index (χ0n) is 9.71. The highest BCUT2D eigenvalue weighted by atomic mass is 32.1. The fourth-order valence-electron chi connectivity index (χ4n) is 1.57. The lowest BCUT2D eigenvalue weighted by Gasteiger charge is -2.19. The maximum Gasteiger partial charge on any atom is 0.204 e. The molecule has 0 saturated carbocycles. The lowest BCUT2D eigenvalue weighted by molar-refractivity contribution is 0.795. The molecular formula is C11H19N3S. The number of anilines is 1. The molecule has 15 heavy (non-hydrogen) atoms. The molecule has 0 aliphatic carbocycles. The number of nitrogens with zero attached hydrogens (tertiary/aromatic N) is 2. The van der Waals surface area contributed by atoms with Crippen molar-refractivity contribution in [3.63, 3.8) is 0 Å². The first-order chi connectivity index (χ1) is 7.21. The van der Waals surface area contributed by atoms with Crippen LogP contribution in [0.2, 0.25) is 0 Å². The highest BCUT2D eigenvalue weighted by Crippen LogP contribution is 2.09. The van der Waals surface area contributed by atoms with E-state index in [1.165, 1.54) is 5.69 Å². The van der Waals surface area contributed by atoms with Gasteiger partial charge < -0.3 is 9.88 Å². The maximum absolute atomic E-state index is 5.16. The van der Waals surface area contributed by atoms with Crippen LogP contribution in [0.1, 0.15) is 32.9 Å². The second-order valence-corrected chi connectivity index (χ2v) is 3.91. The van der Waals surface area contributed by atoms with Crippen LogP contribution in [0.5, 0.6) is 0 Å². The van der Waals surface area contributed by atoms with E-state index in [0.717, 1.165) is 31.9 Å². The van der Waals surface area contributed by atoms with Crippen LogP contribution in [0, 0.1) is 4.64 Å². The smallest absolute Gasteiger partial charge is 0.204 e. The Morgan fingerprint density at radius 2 is 2.00 bits per heavy atom. The van der Waals surface area contributed by atoms with Crippen molar-refractivity contribution in [2.45, 2.75) is 33.6 Å². The minimum absolute atomic E-state index is 0.680. The Morgan fingerprint density at radius 3 is 2.53 bits per heavy atom. The highest BCUT2D eigenvalue weighted by molar-refractivity contribution is 7.71. The summed E-state index contributed by atoms with van der Waals surface area (Å²) >= 11 is 5.16. The van der Waals surface area contributed by atoms with Crippen LogP contribution in [-0.2, 0) is 6.42 Å². The van der Waals surface area contributed by atoms with Gasteiger partial charge in [0.15, 0.2) is 0 Å². The number of H-pyrrole nitrogens is 1. The third-order valence-electron chi connectivity index (χ3n) is 2.37. The lowest BCUT2D eigenvalue weighted by Crippen LogP contribution is -2.24. The van der Waals surface area contributed by atoms with E-state index in [0.29, 0.717) is 4.64 Å². The molecule has 1 rings (SSSR count). The molecule has 1 N–H and O–H groups in total. The molecule has 84 valence electrons. The number of hydrogen-bond donors (Lipinski definition) is 1. The molecule has 0 saturated heterocycles. The van der Waals surface area contributed by atoms with E-state index < -0.39 is 0 Å². The van der Waals surface area contributed by atoms with Crippen molar-refractivity contribution in [2.75, 3.05) is 18.0 Å². The summed E-state index contributed by atoms with van der Waals surface area (Å²) in [5.41, 5.74) is 1.18. The van der Waals surface area contributed by atoms with Crippen LogP contribution in [-0.4, -0.2) is 23.1 Å². The van der Waals surface area contributed by atoms with E-state index in [1.54, 1.807) is 0 Å². The Hall–Kier alpha value is -0.900. The molecular weight excluding hydrogens is 206 g/mol. The van der Waals surface area contributed by atoms with Crippen molar-refractivity contribution in [2.24, 2.45) is 0 Å². The fourth-order valence-corrected chi connectivity index (χ4v) is 1.80. The van der Waals surface area contributed by atoms with E-state index in [-0.39, 0.29) is 0 Å². The van der Waals surface area contributed by atoms with Crippen molar-refractivity contribution in [3.8, 4) is 0 Å². The van der Waals surface area contributed by atoms with Crippen molar-refractivity contribution in [1.29, 1.82) is 0 Å². The molecule has 0 fully saturated rings. The van der Waals surface area contributed by atoms with Gasteiger partial charge in [-0.3, -0.25) is 0 Å². The first kappa shape index (κ1) is 12.2. The molecule has 0 aliphatic rings. The van der Waals surface area contributed by atoms with Gasteiger partial charge in [-0.25, -0.2) is 4.98 Å². The quantitative estimate of drug-likeness (QED) is 0.782. The van der Waals surface area contributed by atoms with Crippen molar-refractivity contribution in [1.82, 2.24) is 9.97 Å². The van der Waals surface area contributed by atoms with Crippen molar-refractivity contribution < 1.29 is 0 Å². The number of hydrogen-bond acceptors (Lipinski definition) is 3. The summed E-state index contributed by atoms with van der Waals surface area (Å²) in [6, 6.07) is 1.95. The topological polar surface area (TPSA) is 31.9 Å². The van der Waals surface area contributed by atoms with E-state index in [1.807, 2.05) is 6.07 Å². The first-order valence-electron chi connectivity index (χ1n) is 5.56. The summed E-state index contributed by atoms with van der Waals surface area (Å²) in [6.07, 6.45) is 2.15. The van der Waals surface area contributed by atoms with Crippen LogP contribution < -0.4 is 4.90 Å². The van der Waals surface area contributed by atoms with Gasteiger partial charge in [0.2, 0.25) is 5.95 Å². The standard InChI is InChI=1S/C11H19N3S/c1-4-7-9-8-10(15)13-11(12-9)14(5-2)6-3/h8H,4-7H2,1-3H3,(H,12,13,15). The number of aromatic amines is 1. The summed E-state index contributed by atoms with van der Waals surface area (Å²) < 4.78 is 0.680. The second kappa shape index (κ2) is 5.85. The number of aromatic nitrogens is 2. The van der Waals surface area contributed by atoms with E-state index >= 15 is 0 Å². The molecule has 1 heterocycles. The van der Waals surface area contributed by atoms with Gasteiger partial charge in [-0.15, -0.1) is 0 Å². The molecule has 0 spiro atoms. The molecule has 0 radical (unpaired) electrons. The van der Waals surface area contributed by atoms with Crippen LogP contribution >= 0.6 is 12.2 Å². The Balaban J connectivity index is 3.02. The van der Waals surface area contributed by atoms with Gasteiger partial charge in [0.25, 0.3) is 0 Å². The highest BCUT2D eigenvalue weighted by Gasteiger charge is 2.04. The van der Waals surface area contributed by atoms with Crippen molar-refractivity contribution >= 4 is 18.2 Å². The van der Waals surface area contributed by atoms with Gasteiger partial charge in [-0.1, -0.05) is 25.6 Å². The third kappa shape index (κ3) is 3.30. The summed E-state index contributed by atoms with van der Waals surface area (Å²) in [7, 11) is 0. The minimum Gasteiger partial charge on any atom is -0.343 e. The van der Waals surface area contributed by atoms with Gasteiger partial charge in [0.1, 0.15) is 4.64 Å². The molecule has 0 aromatic carbocycles. The van der Waals surface area contributed by atoms with E-state index in [9.17, 15) is 0 Å². The molecule has 0 aliphatic heterocycles. The Kier molecular flexibility index (Phi) is 4.75. The molecule has 0 atom stereocenters. The first-order valence-corrected chi connectivity index (χ1v) is 5.97. The molecule has 4 heteroatoms. The molecule has 1 aromatic heterocycles. The average molecular weight is 225 g/mol. The largest absolute Gasteiger partial charge is 0.343 e. The van der Waals surface area contributed by atoms with E-state index in [4.69, 9.17) is 12.2 Å². The third-order valence-corrected chi connectivity index (χ3v) is 2.58. The Labute approximate surface area is 96.5 Å². The molecule has 0 unspecified atom stereocenters. The van der Waals surface area contributed by atoms with Gasteiger partial charge >= 0.3 is 0 Å². The zero-order chi connectivity index (χ0) is 11.3. The summed E-state index contributed by atoms with van der Waals surface area (Å²) in [5.74, 6) is 0.899. The summed E-state index contributed by atoms with van der Waals surface area (Å²) in [4.78, 5) is 9.86. The van der Waals surface area contributed by atoms with Crippen LogP contribution in [0.4, 0.5) is 5.95 Å². The second-order valence-electron chi connectivity index (χ2n) is 3.49. The summed E-state index contributed by atoms with van der Waals surface area (Å²) in [5, 5.41) is 0. The van der Waals surface area contributed by atoms with E-state index in [2.05, 4.69) is 35.6 Å². The molecule has 3 nitrogen and oxygen atoms in total. The lowest BCUT2D eigenvalue weighted by atomic mass is 10.2. The number of aryl methyl sites for hydroxylation is 1. The monoisotopic (exact) mass is 225 g/mol. The van der Waals surface area contributed by atoms with Crippen molar-refractivity contribution in [3.05, 3.63) is 16.4 Å². The Bertz CT molecular complexity index is 355. The van der Waals surface area contributed by atoms with Gasteiger partial charge in [-0.05, 0) is 26.3 Å². The maximum atomic E-state index is 5.16. The Morgan fingerprint density at radius 1 is 1.33 bits per heavy atom. The summed E-state index contributed by atoms with van der Waals surface area (Å²) in [6.45, 7) is 8.30. The molecule has 1 aromatic rings. The normalized spacial score (nSPS) is 10.3. The molecule has 0 bridgehead atoms. The van der Waals surface area contributed by atoms with Crippen LogP contribution in [0.25, 0.3) is 0 Å². The predicted octanol–water partition coefficient (Wildman–Crippen LogP) is 2.94. The molecule has 0 amide bonds. The average Bonchev–Trinajstić information content (AvgIpc) is 2.19. The van der Waals surface area contributed by atoms with Crippen LogP contribution in [0.3, 0.4) is 0 Å². The fraction of sp³-hybridized carbons (Fsp3) is 0.636. The van der Waals surface area contributed by atoms with Gasteiger partial charge in [-0.2, -0.15) is 0 Å². The van der Waals surface area contributed by atoms with Gasteiger partial charge in [0, 0.05) is 18.8 Å². The number of rotatable bonds is 5.